The lowest BCUT2D eigenvalue weighted by molar-refractivity contribution is -0.128. The Morgan fingerprint density at radius 1 is 1.29 bits per heavy atom. The number of hydrogen-bond donors (Lipinski definition) is 3. The van der Waals surface area contributed by atoms with Crippen molar-refractivity contribution in [2.45, 2.75) is 69.9 Å². The van der Waals surface area contributed by atoms with Crippen molar-refractivity contribution in [2.75, 3.05) is 6.54 Å². The molecule has 0 unspecified atom stereocenters. The van der Waals surface area contributed by atoms with E-state index in [1.54, 1.807) is 0 Å². The fraction of sp³-hybridized carbons (Fsp3) is 0.923. The first-order chi connectivity index (χ1) is 7.96. The molecule has 1 saturated carbocycles. The Morgan fingerprint density at radius 2 is 1.82 bits per heavy atom. The molecule has 1 amide bonds. The van der Waals surface area contributed by atoms with Gasteiger partial charge in [0.15, 0.2) is 0 Å². The molecule has 0 aromatic carbocycles. The van der Waals surface area contributed by atoms with Crippen LogP contribution in [0.4, 0.5) is 0 Å². The van der Waals surface area contributed by atoms with E-state index in [1.165, 1.54) is 6.42 Å². The van der Waals surface area contributed by atoms with E-state index in [1.807, 2.05) is 13.8 Å². The molecule has 4 nitrogen and oxygen atoms in total. The second-order valence-corrected chi connectivity index (χ2v) is 5.33. The first kappa shape index (κ1) is 14.5. The topological polar surface area (TPSA) is 75.3 Å². The molecule has 0 bridgehead atoms. The van der Waals surface area contributed by atoms with Gasteiger partial charge in [-0.3, -0.25) is 4.79 Å². The van der Waals surface area contributed by atoms with E-state index in [0.717, 1.165) is 25.7 Å². The normalized spacial score (nSPS) is 20.0. The van der Waals surface area contributed by atoms with Crippen LogP contribution in [0.15, 0.2) is 0 Å². The SMILES string of the molecule is CCC(O)(CC)CNC(=O)C1(N)CCCCC1. The van der Waals surface area contributed by atoms with E-state index in [0.29, 0.717) is 19.4 Å². The van der Waals surface area contributed by atoms with Gasteiger partial charge < -0.3 is 16.2 Å². The van der Waals surface area contributed by atoms with Crippen molar-refractivity contribution in [1.82, 2.24) is 5.32 Å². The lowest BCUT2D eigenvalue weighted by atomic mass is 9.81. The van der Waals surface area contributed by atoms with Gasteiger partial charge in [-0.2, -0.15) is 0 Å². The van der Waals surface area contributed by atoms with Crippen LogP contribution < -0.4 is 11.1 Å². The molecule has 0 spiro atoms. The minimum Gasteiger partial charge on any atom is -0.388 e. The molecule has 0 atom stereocenters. The van der Waals surface area contributed by atoms with Gasteiger partial charge in [-0.05, 0) is 25.7 Å². The van der Waals surface area contributed by atoms with Gasteiger partial charge in [-0.15, -0.1) is 0 Å². The Hall–Kier alpha value is -0.610. The summed E-state index contributed by atoms with van der Waals surface area (Å²) in [7, 11) is 0. The molecule has 1 aliphatic carbocycles. The molecule has 0 heterocycles. The van der Waals surface area contributed by atoms with Crippen LogP contribution in [0.3, 0.4) is 0 Å². The highest BCUT2D eigenvalue weighted by Crippen LogP contribution is 2.26. The zero-order valence-corrected chi connectivity index (χ0v) is 11.1. The third-order valence-electron chi connectivity index (χ3n) is 4.09. The molecule has 17 heavy (non-hydrogen) atoms. The number of hydrogen-bond acceptors (Lipinski definition) is 3. The average Bonchev–Trinajstić information content (AvgIpc) is 2.36. The molecule has 1 rings (SSSR count). The summed E-state index contributed by atoms with van der Waals surface area (Å²) < 4.78 is 0. The molecule has 0 aliphatic heterocycles. The van der Waals surface area contributed by atoms with Gasteiger partial charge in [0.25, 0.3) is 0 Å². The third-order valence-corrected chi connectivity index (χ3v) is 4.09. The number of carbonyl (C=O) groups excluding carboxylic acids is 1. The van der Waals surface area contributed by atoms with Crippen molar-refractivity contribution in [3.8, 4) is 0 Å². The highest BCUT2D eigenvalue weighted by atomic mass is 16.3. The molecule has 0 aromatic rings. The van der Waals surface area contributed by atoms with Crippen LogP contribution in [0.2, 0.25) is 0 Å². The summed E-state index contributed by atoms with van der Waals surface area (Å²) in [6.07, 6.45) is 6.01. The fourth-order valence-corrected chi connectivity index (χ4v) is 2.33. The number of aliphatic hydroxyl groups is 1. The molecule has 4 N–H and O–H groups in total. The van der Waals surface area contributed by atoms with Crippen molar-refractivity contribution in [1.29, 1.82) is 0 Å². The van der Waals surface area contributed by atoms with E-state index >= 15 is 0 Å². The number of nitrogens with two attached hydrogens (primary N) is 1. The lowest BCUT2D eigenvalue weighted by Crippen LogP contribution is -2.57. The summed E-state index contributed by atoms with van der Waals surface area (Å²) >= 11 is 0. The standard InChI is InChI=1S/C13H26N2O2/c1-3-12(17,4-2)10-15-11(16)13(14)8-6-5-7-9-13/h17H,3-10,14H2,1-2H3,(H,15,16). The maximum atomic E-state index is 12.1. The predicted molar refractivity (Wildman–Crippen MR) is 68.5 cm³/mol. The van der Waals surface area contributed by atoms with Crippen LogP contribution in [0.1, 0.15) is 58.8 Å². The monoisotopic (exact) mass is 242 g/mol. The van der Waals surface area contributed by atoms with Gasteiger partial charge >= 0.3 is 0 Å². The van der Waals surface area contributed by atoms with Gasteiger partial charge in [0.2, 0.25) is 5.91 Å². The molecule has 0 aromatic heterocycles. The summed E-state index contributed by atoms with van der Waals surface area (Å²) in [5.74, 6) is -0.0995. The zero-order chi connectivity index (χ0) is 12.9. The van der Waals surface area contributed by atoms with Crippen LogP contribution >= 0.6 is 0 Å². The van der Waals surface area contributed by atoms with Crippen LogP contribution in [-0.4, -0.2) is 28.7 Å². The van der Waals surface area contributed by atoms with Crippen molar-refractivity contribution in [3.63, 3.8) is 0 Å². The highest BCUT2D eigenvalue weighted by molar-refractivity contribution is 5.86. The van der Waals surface area contributed by atoms with Gasteiger partial charge in [-0.1, -0.05) is 33.1 Å². The minimum atomic E-state index is -0.791. The summed E-state index contributed by atoms with van der Waals surface area (Å²) in [4.78, 5) is 12.1. The van der Waals surface area contributed by atoms with Gasteiger partial charge in [-0.25, -0.2) is 0 Å². The molecule has 1 fully saturated rings. The van der Waals surface area contributed by atoms with Gasteiger partial charge in [0.1, 0.15) is 0 Å². The Balaban J connectivity index is 2.48. The molecule has 100 valence electrons. The van der Waals surface area contributed by atoms with Crippen molar-refractivity contribution in [3.05, 3.63) is 0 Å². The number of carbonyl (C=O) groups is 1. The number of nitrogens with one attached hydrogen (secondary N) is 1. The van der Waals surface area contributed by atoms with Crippen molar-refractivity contribution >= 4 is 5.91 Å². The maximum absolute atomic E-state index is 12.1. The summed E-state index contributed by atoms with van der Waals surface area (Å²) in [6, 6.07) is 0. The Bertz CT molecular complexity index is 256. The third kappa shape index (κ3) is 3.68. The van der Waals surface area contributed by atoms with Gasteiger partial charge in [0, 0.05) is 6.54 Å². The van der Waals surface area contributed by atoms with E-state index < -0.39 is 11.1 Å². The molecule has 0 saturated heterocycles. The average molecular weight is 242 g/mol. The lowest BCUT2D eigenvalue weighted by Gasteiger charge is -2.33. The van der Waals surface area contributed by atoms with E-state index in [-0.39, 0.29) is 5.91 Å². The summed E-state index contributed by atoms with van der Waals surface area (Å²) in [5.41, 5.74) is 4.62. The van der Waals surface area contributed by atoms with E-state index in [2.05, 4.69) is 5.32 Å². The summed E-state index contributed by atoms with van der Waals surface area (Å²) in [6.45, 7) is 4.15. The molecule has 4 heteroatoms. The molecular formula is C13H26N2O2. The zero-order valence-electron chi connectivity index (χ0n) is 11.1. The fourth-order valence-electron chi connectivity index (χ4n) is 2.33. The molecule has 1 aliphatic rings. The van der Waals surface area contributed by atoms with Crippen LogP contribution in [0, 0.1) is 0 Å². The van der Waals surface area contributed by atoms with Crippen molar-refractivity contribution in [2.24, 2.45) is 5.73 Å². The quantitative estimate of drug-likeness (QED) is 0.680. The number of amides is 1. The molecular weight excluding hydrogens is 216 g/mol. The Labute approximate surface area is 104 Å². The maximum Gasteiger partial charge on any atom is 0.240 e. The Kier molecular flexibility index (Phi) is 4.95. The van der Waals surface area contributed by atoms with Crippen LogP contribution in [0.5, 0.6) is 0 Å². The van der Waals surface area contributed by atoms with Crippen LogP contribution in [0.25, 0.3) is 0 Å². The highest BCUT2D eigenvalue weighted by Gasteiger charge is 2.36. The predicted octanol–water partition coefficient (Wildman–Crippen LogP) is 1.32. The van der Waals surface area contributed by atoms with Crippen molar-refractivity contribution < 1.29 is 9.90 Å². The number of rotatable bonds is 5. The van der Waals surface area contributed by atoms with E-state index in [4.69, 9.17) is 5.73 Å². The summed E-state index contributed by atoms with van der Waals surface area (Å²) in [5, 5.41) is 12.9. The van der Waals surface area contributed by atoms with E-state index in [9.17, 15) is 9.90 Å². The minimum absolute atomic E-state index is 0.0995. The van der Waals surface area contributed by atoms with Gasteiger partial charge in [0.05, 0.1) is 11.1 Å². The van der Waals surface area contributed by atoms with Crippen LogP contribution in [-0.2, 0) is 4.79 Å². The Morgan fingerprint density at radius 3 is 2.29 bits per heavy atom. The second-order valence-electron chi connectivity index (χ2n) is 5.33. The first-order valence-electron chi connectivity index (χ1n) is 6.75. The second kappa shape index (κ2) is 5.83. The first-order valence-corrected chi connectivity index (χ1v) is 6.75. The smallest absolute Gasteiger partial charge is 0.240 e. The largest absolute Gasteiger partial charge is 0.388 e. The molecule has 0 radical (unpaired) electrons.